The van der Waals surface area contributed by atoms with Crippen molar-refractivity contribution >= 4 is 22.6 Å². The molecule has 192 valence electrons. The number of aromatic nitrogens is 5. The zero-order chi connectivity index (χ0) is 26.2. The molecule has 4 aromatic rings. The van der Waals surface area contributed by atoms with E-state index in [0.717, 1.165) is 34.9 Å². The fraction of sp³-hybridized carbons (Fsp3) is 0.393. The van der Waals surface area contributed by atoms with Crippen molar-refractivity contribution in [3.05, 3.63) is 66.2 Å². The number of rotatable bonds is 7. The molecule has 37 heavy (non-hydrogen) atoms. The van der Waals surface area contributed by atoms with Crippen LogP contribution in [0, 0.1) is 5.92 Å². The molecular formula is C28H32N6O3. The lowest BCUT2D eigenvalue weighted by Gasteiger charge is -2.37. The van der Waals surface area contributed by atoms with E-state index in [1.807, 2.05) is 68.5 Å². The number of aryl methyl sites for hydroxylation is 1. The first-order valence-corrected chi connectivity index (χ1v) is 12.6. The number of Topliss-reactive ketones (excluding diaryl/α,β-unsaturated/α-hetero) is 1. The van der Waals surface area contributed by atoms with Crippen LogP contribution in [0.4, 0.5) is 0 Å². The van der Waals surface area contributed by atoms with Crippen molar-refractivity contribution in [1.82, 2.24) is 29.4 Å². The molecule has 4 heterocycles. The van der Waals surface area contributed by atoms with Gasteiger partial charge in [0.2, 0.25) is 5.91 Å². The van der Waals surface area contributed by atoms with E-state index >= 15 is 0 Å². The predicted molar refractivity (Wildman–Crippen MR) is 140 cm³/mol. The van der Waals surface area contributed by atoms with Gasteiger partial charge in [0.05, 0.1) is 23.0 Å². The van der Waals surface area contributed by atoms with Crippen LogP contribution in [-0.2, 0) is 24.8 Å². The van der Waals surface area contributed by atoms with Crippen LogP contribution in [0.15, 0.2) is 55.0 Å². The van der Waals surface area contributed by atoms with Crippen molar-refractivity contribution in [2.45, 2.75) is 45.3 Å². The van der Waals surface area contributed by atoms with Gasteiger partial charge in [-0.25, -0.2) is 4.98 Å². The fourth-order valence-electron chi connectivity index (χ4n) is 4.97. The Kier molecular flexibility index (Phi) is 6.64. The van der Waals surface area contributed by atoms with Crippen LogP contribution in [0.25, 0.3) is 22.2 Å². The number of carbonyl (C=O) groups excluding carboxylic acids is 2. The second kappa shape index (κ2) is 9.89. The molecule has 9 nitrogen and oxygen atoms in total. The smallest absolute Gasteiger partial charge is 0.244 e. The molecule has 0 atom stereocenters. The Morgan fingerprint density at radius 1 is 1.11 bits per heavy atom. The number of pyridine rings is 1. The van der Waals surface area contributed by atoms with Crippen LogP contribution in [0.1, 0.15) is 42.7 Å². The van der Waals surface area contributed by atoms with Gasteiger partial charge in [0.1, 0.15) is 12.2 Å². The number of fused-ring (bicyclic) bond motifs is 1. The second-order valence-corrected chi connectivity index (χ2v) is 10.4. The summed E-state index contributed by atoms with van der Waals surface area (Å²) in [6, 6.07) is 11.2. The second-order valence-electron chi connectivity index (χ2n) is 10.4. The summed E-state index contributed by atoms with van der Waals surface area (Å²) >= 11 is 0. The first-order chi connectivity index (χ1) is 17.7. The van der Waals surface area contributed by atoms with Gasteiger partial charge in [-0.2, -0.15) is 10.2 Å². The molecule has 0 saturated carbocycles. The van der Waals surface area contributed by atoms with Crippen molar-refractivity contribution in [1.29, 1.82) is 0 Å². The fourth-order valence-corrected chi connectivity index (χ4v) is 4.97. The number of hydrogen-bond acceptors (Lipinski definition) is 6. The maximum atomic E-state index is 13.0. The molecule has 1 amide bonds. The van der Waals surface area contributed by atoms with Crippen molar-refractivity contribution < 1.29 is 14.7 Å². The molecule has 5 rings (SSSR count). The number of amides is 1. The summed E-state index contributed by atoms with van der Waals surface area (Å²) in [4.78, 5) is 32.2. The molecule has 1 aromatic carbocycles. The molecule has 0 bridgehead atoms. The van der Waals surface area contributed by atoms with E-state index in [4.69, 9.17) is 0 Å². The highest BCUT2D eigenvalue weighted by molar-refractivity contribution is 5.96. The normalized spacial score (nSPS) is 14.9. The summed E-state index contributed by atoms with van der Waals surface area (Å²) < 4.78 is 3.37. The van der Waals surface area contributed by atoms with Crippen LogP contribution < -0.4 is 0 Å². The molecule has 1 aliphatic heterocycles. The summed E-state index contributed by atoms with van der Waals surface area (Å²) in [6.45, 7) is 5.14. The number of ketones is 1. The van der Waals surface area contributed by atoms with Gasteiger partial charge in [-0.1, -0.05) is 12.1 Å². The average Bonchev–Trinajstić information content (AvgIpc) is 3.49. The van der Waals surface area contributed by atoms with Crippen molar-refractivity contribution in [2.75, 3.05) is 13.1 Å². The SMILES string of the molecule is Cn1cc(-c2cccc(C(=O)Cc3ccc4nn(CC(=O)N5CCC(C(C)(C)O)CC5)cc4c3)n2)cn1. The minimum absolute atomic E-state index is 0.0250. The lowest BCUT2D eigenvalue weighted by atomic mass is 9.83. The van der Waals surface area contributed by atoms with Crippen LogP contribution in [0.2, 0.25) is 0 Å². The molecule has 3 aromatic heterocycles. The first kappa shape index (κ1) is 24.8. The van der Waals surface area contributed by atoms with Crippen molar-refractivity contribution in [2.24, 2.45) is 13.0 Å². The quantitative estimate of drug-likeness (QED) is 0.391. The lowest BCUT2D eigenvalue weighted by Crippen LogP contribution is -2.45. The molecule has 0 aliphatic carbocycles. The Balaban J connectivity index is 1.23. The van der Waals surface area contributed by atoms with E-state index in [0.29, 0.717) is 24.5 Å². The molecule has 0 spiro atoms. The van der Waals surface area contributed by atoms with Gasteiger partial charge < -0.3 is 10.0 Å². The molecule has 1 aliphatic rings. The zero-order valence-electron chi connectivity index (χ0n) is 21.5. The van der Waals surface area contributed by atoms with Crippen LogP contribution >= 0.6 is 0 Å². The topological polar surface area (TPSA) is 106 Å². The molecular weight excluding hydrogens is 468 g/mol. The van der Waals surface area contributed by atoms with Gasteiger partial charge in [-0.05, 0) is 62.4 Å². The summed E-state index contributed by atoms with van der Waals surface area (Å²) in [5.74, 6) is 0.164. The Bertz CT molecular complexity index is 1440. The van der Waals surface area contributed by atoms with Crippen LogP contribution in [-0.4, -0.2) is 64.9 Å². The summed E-state index contributed by atoms with van der Waals surface area (Å²) in [6.07, 6.45) is 7.27. The maximum absolute atomic E-state index is 13.0. The molecule has 0 radical (unpaired) electrons. The van der Waals surface area contributed by atoms with Gasteiger partial charge >= 0.3 is 0 Å². The van der Waals surface area contributed by atoms with Gasteiger partial charge in [-0.15, -0.1) is 0 Å². The third kappa shape index (κ3) is 5.61. The van der Waals surface area contributed by atoms with E-state index in [2.05, 4.69) is 15.2 Å². The Labute approximate surface area is 215 Å². The third-order valence-corrected chi connectivity index (χ3v) is 7.16. The number of nitrogens with zero attached hydrogens (tertiary/aromatic N) is 6. The Hall–Kier alpha value is -3.85. The van der Waals surface area contributed by atoms with Crippen LogP contribution in [0.3, 0.4) is 0 Å². The molecule has 1 saturated heterocycles. The van der Waals surface area contributed by atoms with E-state index in [1.165, 1.54) is 0 Å². The highest BCUT2D eigenvalue weighted by atomic mass is 16.3. The van der Waals surface area contributed by atoms with Crippen molar-refractivity contribution in [3.63, 3.8) is 0 Å². The van der Waals surface area contributed by atoms with E-state index in [-0.39, 0.29) is 30.6 Å². The number of aliphatic hydroxyl groups is 1. The number of piperidine rings is 1. The monoisotopic (exact) mass is 500 g/mol. The van der Waals surface area contributed by atoms with Crippen LogP contribution in [0.5, 0.6) is 0 Å². The summed E-state index contributed by atoms with van der Waals surface area (Å²) in [5, 5.41) is 19.8. The minimum Gasteiger partial charge on any atom is -0.390 e. The predicted octanol–water partition coefficient (Wildman–Crippen LogP) is 3.27. The number of benzene rings is 1. The standard InChI is InChI=1S/C28H32N6O3/c1-28(2,37)22-9-11-33(12-10-22)27(36)18-34-17-20-13-19(7-8-24(20)31-34)14-26(35)25-6-4-5-23(30-25)21-15-29-32(3)16-21/h4-8,13,15-17,22,37H,9-12,14,18H2,1-3H3. The summed E-state index contributed by atoms with van der Waals surface area (Å²) in [7, 11) is 1.84. The molecule has 1 N–H and O–H groups in total. The first-order valence-electron chi connectivity index (χ1n) is 12.6. The van der Waals surface area contributed by atoms with Gasteiger partial charge in [-0.3, -0.25) is 19.0 Å². The largest absolute Gasteiger partial charge is 0.390 e. The van der Waals surface area contributed by atoms with E-state index in [9.17, 15) is 14.7 Å². The van der Waals surface area contributed by atoms with Gasteiger partial charge in [0, 0.05) is 49.9 Å². The minimum atomic E-state index is -0.716. The van der Waals surface area contributed by atoms with E-state index in [1.54, 1.807) is 21.6 Å². The Morgan fingerprint density at radius 2 is 1.89 bits per heavy atom. The Morgan fingerprint density at radius 3 is 2.59 bits per heavy atom. The van der Waals surface area contributed by atoms with E-state index < -0.39 is 5.60 Å². The third-order valence-electron chi connectivity index (χ3n) is 7.16. The lowest BCUT2D eigenvalue weighted by molar-refractivity contribution is -0.134. The number of likely N-dealkylation sites (tertiary alicyclic amines) is 1. The average molecular weight is 501 g/mol. The van der Waals surface area contributed by atoms with Gasteiger partial charge in [0.25, 0.3) is 0 Å². The molecule has 1 fully saturated rings. The van der Waals surface area contributed by atoms with Crippen molar-refractivity contribution in [3.8, 4) is 11.3 Å². The highest BCUT2D eigenvalue weighted by Gasteiger charge is 2.32. The highest BCUT2D eigenvalue weighted by Crippen LogP contribution is 2.28. The zero-order valence-corrected chi connectivity index (χ0v) is 21.5. The number of carbonyl (C=O) groups is 2. The maximum Gasteiger partial charge on any atom is 0.244 e. The summed E-state index contributed by atoms with van der Waals surface area (Å²) in [5.41, 5.74) is 2.92. The van der Waals surface area contributed by atoms with Gasteiger partial charge in [0.15, 0.2) is 5.78 Å². The molecule has 9 heteroatoms. The molecule has 0 unspecified atom stereocenters. The number of hydrogen-bond donors (Lipinski definition) is 1.